The van der Waals surface area contributed by atoms with E-state index in [4.69, 9.17) is 0 Å². The van der Waals surface area contributed by atoms with Crippen LogP contribution in [0.4, 0.5) is 4.39 Å². The Kier molecular flexibility index (Phi) is 2.36. The van der Waals surface area contributed by atoms with Gasteiger partial charge in [-0.25, -0.2) is 4.39 Å². The summed E-state index contributed by atoms with van der Waals surface area (Å²) in [5.74, 6) is -0.0359. The van der Waals surface area contributed by atoms with Gasteiger partial charge in [-0.3, -0.25) is 0 Å². The van der Waals surface area contributed by atoms with E-state index in [0.717, 1.165) is 5.56 Å². The van der Waals surface area contributed by atoms with Crippen LogP contribution >= 0.6 is 0 Å². The van der Waals surface area contributed by atoms with Gasteiger partial charge in [0.2, 0.25) is 0 Å². The molecule has 0 aliphatic heterocycles. The van der Waals surface area contributed by atoms with Gasteiger partial charge in [0.1, 0.15) is 11.6 Å². The van der Waals surface area contributed by atoms with E-state index in [2.05, 4.69) is 0 Å². The van der Waals surface area contributed by atoms with Crippen LogP contribution < -0.4 is 0 Å². The second-order valence-corrected chi connectivity index (χ2v) is 3.26. The molecule has 0 radical (unpaired) electrons. The Labute approximate surface area is 71.9 Å². The second-order valence-electron chi connectivity index (χ2n) is 3.26. The minimum atomic E-state index is -0.350. The zero-order valence-electron chi connectivity index (χ0n) is 7.56. The highest BCUT2D eigenvalue weighted by Crippen LogP contribution is 2.29. The maximum absolute atomic E-state index is 12.9. The van der Waals surface area contributed by atoms with Gasteiger partial charge in [0.15, 0.2) is 0 Å². The van der Waals surface area contributed by atoms with Crippen LogP contribution in [0.2, 0.25) is 0 Å². The zero-order chi connectivity index (χ0) is 9.30. The summed E-state index contributed by atoms with van der Waals surface area (Å²) in [6.45, 7) is 5.51. The van der Waals surface area contributed by atoms with Crippen molar-refractivity contribution in [2.45, 2.75) is 26.7 Å². The van der Waals surface area contributed by atoms with Gasteiger partial charge in [-0.1, -0.05) is 19.9 Å². The molecule has 0 heterocycles. The van der Waals surface area contributed by atoms with Crippen LogP contribution in [0.15, 0.2) is 12.1 Å². The number of phenolic OH excluding ortho intramolecular Hbond substituents is 1. The minimum absolute atomic E-state index is 0.0880. The molecule has 1 aromatic carbocycles. The number of hydrogen-bond donors (Lipinski definition) is 1. The Morgan fingerprint density at radius 1 is 1.33 bits per heavy atom. The van der Waals surface area contributed by atoms with E-state index in [9.17, 15) is 9.50 Å². The molecule has 66 valence electrons. The fourth-order valence-corrected chi connectivity index (χ4v) is 1.16. The van der Waals surface area contributed by atoms with E-state index in [1.807, 2.05) is 13.8 Å². The molecule has 0 bridgehead atoms. The summed E-state index contributed by atoms with van der Waals surface area (Å²) in [5.41, 5.74) is 1.13. The van der Waals surface area contributed by atoms with Crippen LogP contribution in [0.3, 0.4) is 0 Å². The van der Waals surface area contributed by atoms with Crippen LogP contribution in [-0.2, 0) is 0 Å². The quantitative estimate of drug-likeness (QED) is 0.683. The minimum Gasteiger partial charge on any atom is -0.507 e. The molecule has 0 saturated heterocycles. The molecule has 0 saturated carbocycles. The van der Waals surface area contributed by atoms with Gasteiger partial charge < -0.3 is 5.11 Å². The van der Waals surface area contributed by atoms with Gasteiger partial charge in [0.25, 0.3) is 0 Å². The van der Waals surface area contributed by atoms with E-state index in [0.29, 0.717) is 5.56 Å². The highest BCUT2D eigenvalue weighted by molar-refractivity contribution is 5.41. The van der Waals surface area contributed by atoms with E-state index >= 15 is 0 Å². The zero-order valence-corrected chi connectivity index (χ0v) is 7.56. The normalized spacial score (nSPS) is 10.8. The molecule has 2 heteroatoms. The van der Waals surface area contributed by atoms with Crippen molar-refractivity contribution >= 4 is 0 Å². The van der Waals surface area contributed by atoms with Crippen LogP contribution in [0.1, 0.15) is 30.9 Å². The third kappa shape index (κ3) is 1.42. The Morgan fingerprint density at radius 2 is 1.92 bits per heavy atom. The molecule has 1 aromatic rings. The summed E-state index contributed by atoms with van der Waals surface area (Å²) in [6, 6.07) is 3.02. The summed E-state index contributed by atoms with van der Waals surface area (Å²) >= 11 is 0. The third-order valence-corrected chi connectivity index (χ3v) is 2.02. The van der Waals surface area contributed by atoms with Crippen LogP contribution in [0.5, 0.6) is 5.75 Å². The van der Waals surface area contributed by atoms with Gasteiger partial charge in [0.05, 0.1) is 0 Å². The predicted molar refractivity (Wildman–Crippen MR) is 46.9 cm³/mol. The molecule has 1 nitrogen and oxygen atoms in total. The van der Waals surface area contributed by atoms with Crippen molar-refractivity contribution in [3.05, 3.63) is 29.1 Å². The Balaban J connectivity index is 3.27. The molecule has 0 fully saturated rings. The highest BCUT2D eigenvalue weighted by Gasteiger charge is 2.10. The lowest BCUT2D eigenvalue weighted by atomic mass is 9.99. The van der Waals surface area contributed by atoms with Crippen molar-refractivity contribution in [2.75, 3.05) is 0 Å². The fraction of sp³-hybridized carbons (Fsp3) is 0.400. The lowest BCUT2D eigenvalue weighted by Gasteiger charge is -2.10. The average Bonchev–Trinajstić information content (AvgIpc) is 2.00. The molecular weight excluding hydrogens is 155 g/mol. The van der Waals surface area contributed by atoms with Crippen molar-refractivity contribution in [3.8, 4) is 5.75 Å². The van der Waals surface area contributed by atoms with Gasteiger partial charge in [-0.2, -0.15) is 0 Å². The standard InChI is InChI=1S/C10H13FO/c1-6(2)8-4-5-9(11)7(3)10(8)12/h4-6,12H,1-3H3. The highest BCUT2D eigenvalue weighted by atomic mass is 19.1. The number of halogens is 1. The lowest BCUT2D eigenvalue weighted by molar-refractivity contribution is 0.452. The van der Waals surface area contributed by atoms with Crippen molar-refractivity contribution in [1.82, 2.24) is 0 Å². The first-order chi connectivity index (χ1) is 5.54. The van der Waals surface area contributed by atoms with Gasteiger partial charge >= 0.3 is 0 Å². The first-order valence-corrected chi connectivity index (χ1v) is 4.02. The lowest BCUT2D eigenvalue weighted by Crippen LogP contribution is -1.92. The third-order valence-electron chi connectivity index (χ3n) is 2.02. The number of benzene rings is 1. The summed E-state index contributed by atoms with van der Waals surface area (Å²) < 4.78 is 12.9. The number of hydrogen-bond acceptors (Lipinski definition) is 1. The first kappa shape index (κ1) is 9.04. The summed E-state index contributed by atoms with van der Waals surface area (Å²) in [7, 11) is 0. The van der Waals surface area contributed by atoms with Crippen molar-refractivity contribution < 1.29 is 9.50 Å². The van der Waals surface area contributed by atoms with Crippen LogP contribution in [0.25, 0.3) is 0 Å². The number of aromatic hydroxyl groups is 1. The fourth-order valence-electron chi connectivity index (χ4n) is 1.16. The second kappa shape index (κ2) is 3.13. The molecule has 1 N–H and O–H groups in total. The molecule has 0 aliphatic rings. The number of rotatable bonds is 1. The van der Waals surface area contributed by atoms with Crippen molar-refractivity contribution in [3.63, 3.8) is 0 Å². The first-order valence-electron chi connectivity index (χ1n) is 4.02. The molecule has 0 atom stereocenters. The molecular formula is C10H13FO. The SMILES string of the molecule is Cc1c(F)ccc(C(C)C)c1O. The monoisotopic (exact) mass is 168 g/mol. The van der Waals surface area contributed by atoms with Crippen LogP contribution in [0, 0.1) is 12.7 Å². The molecule has 0 aromatic heterocycles. The van der Waals surface area contributed by atoms with E-state index in [1.165, 1.54) is 6.07 Å². The molecule has 0 spiro atoms. The molecule has 0 unspecified atom stereocenters. The van der Waals surface area contributed by atoms with Gasteiger partial charge in [0, 0.05) is 5.56 Å². The average molecular weight is 168 g/mol. The Morgan fingerprint density at radius 3 is 2.42 bits per heavy atom. The molecule has 0 aliphatic carbocycles. The van der Waals surface area contributed by atoms with E-state index in [1.54, 1.807) is 13.0 Å². The smallest absolute Gasteiger partial charge is 0.129 e. The largest absolute Gasteiger partial charge is 0.507 e. The van der Waals surface area contributed by atoms with Crippen LogP contribution in [-0.4, -0.2) is 5.11 Å². The maximum atomic E-state index is 12.9. The van der Waals surface area contributed by atoms with Crippen molar-refractivity contribution in [1.29, 1.82) is 0 Å². The maximum Gasteiger partial charge on any atom is 0.129 e. The Hall–Kier alpha value is -1.05. The van der Waals surface area contributed by atoms with Crippen molar-refractivity contribution in [2.24, 2.45) is 0 Å². The summed E-state index contributed by atoms with van der Waals surface area (Å²) in [4.78, 5) is 0. The predicted octanol–water partition coefficient (Wildman–Crippen LogP) is 2.96. The van der Waals surface area contributed by atoms with Gasteiger partial charge in [-0.05, 0) is 24.5 Å². The summed E-state index contributed by atoms with van der Waals surface area (Å²) in [5, 5.41) is 9.51. The molecule has 12 heavy (non-hydrogen) atoms. The van der Waals surface area contributed by atoms with Gasteiger partial charge in [-0.15, -0.1) is 0 Å². The summed E-state index contributed by atoms with van der Waals surface area (Å²) in [6.07, 6.45) is 0. The topological polar surface area (TPSA) is 20.2 Å². The van der Waals surface area contributed by atoms with E-state index in [-0.39, 0.29) is 17.5 Å². The molecule has 0 amide bonds. The van der Waals surface area contributed by atoms with E-state index < -0.39 is 0 Å². The number of phenols is 1. The molecule has 1 rings (SSSR count). The Bertz CT molecular complexity index is 292.